The van der Waals surface area contributed by atoms with E-state index in [4.69, 9.17) is 15.2 Å². The minimum absolute atomic E-state index is 0.0368. The number of carbonyl (C=O) groups excluding carboxylic acids is 1. The van der Waals surface area contributed by atoms with Gasteiger partial charge in [-0.05, 0) is 49.4 Å². The fourth-order valence-corrected chi connectivity index (χ4v) is 2.75. The Hall–Kier alpha value is -2.64. The standard InChI is InChI=1S/C19H22FN3O3/c20-14-5-7-15(8-6-14)26-18-4-2-1-3-17(18)22-19(24)23-11-12-25-16(13-23)9-10-21/h1-8,16H,9-13,21H2,(H,22,24)/t16-/m1/s1. The summed E-state index contributed by atoms with van der Waals surface area (Å²) < 4.78 is 24.4. The van der Waals surface area contributed by atoms with Crippen molar-refractivity contribution in [1.29, 1.82) is 0 Å². The molecule has 0 saturated carbocycles. The number of rotatable bonds is 5. The van der Waals surface area contributed by atoms with Gasteiger partial charge in [-0.2, -0.15) is 0 Å². The molecule has 1 atom stereocenters. The Bertz CT molecular complexity index is 737. The van der Waals surface area contributed by atoms with Crippen molar-refractivity contribution in [2.24, 2.45) is 5.73 Å². The van der Waals surface area contributed by atoms with E-state index in [1.807, 2.05) is 6.07 Å². The maximum absolute atomic E-state index is 13.0. The Labute approximate surface area is 151 Å². The second-order valence-corrected chi connectivity index (χ2v) is 6.00. The lowest BCUT2D eigenvalue weighted by atomic mass is 10.2. The summed E-state index contributed by atoms with van der Waals surface area (Å²) in [6.07, 6.45) is 0.679. The smallest absolute Gasteiger partial charge is 0.322 e. The highest BCUT2D eigenvalue weighted by Crippen LogP contribution is 2.29. The Morgan fingerprint density at radius 2 is 2.04 bits per heavy atom. The number of hydrogen-bond donors (Lipinski definition) is 2. The molecule has 1 saturated heterocycles. The first-order chi connectivity index (χ1) is 12.7. The molecule has 0 aromatic heterocycles. The lowest BCUT2D eigenvalue weighted by Gasteiger charge is -2.33. The van der Waals surface area contributed by atoms with Gasteiger partial charge in [0.2, 0.25) is 0 Å². The number of urea groups is 1. The molecule has 1 aliphatic heterocycles. The van der Waals surface area contributed by atoms with Crippen molar-refractivity contribution in [3.8, 4) is 11.5 Å². The number of nitrogens with one attached hydrogen (secondary N) is 1. The van der Waals surface area contributed by atoms with Crippen LogP contribution >= 0.6 is 0 Å². The number of ether oxygens (including phenoxy) is 2. The fraction of sp³-hybridized carbons (Fsp3) is 0.316. The van der Waals surface area contributed by atoms with Crippen molar-refractivity contribution < 1.29 is 18.7 Å². The second-order valence-electron chi connectivity index (χ2n) is 6.00. The molecule has 2 amide bonds. The van der Waals surface area contributed by atoms with Crippen molar-refractivity contribution in [2.75, 3.05) is 31.6 Å². The van der Waals surface area contributed by atoms with Crippen molar-refractivity contribution in [3.63, 3.8) is 0 Å². The SMILES string of the molecule is NCC[C@@H]1CN(C(=O)Nc2ccccc2Oc2ccc(F)cc2)CCO1. The van der Waals surface area contributed by atoms with Crippen LogP contribution in [0.5, 0.6) is 11.5 Å². The third kappa shape index (κ3) is 4.71. The molecule has 26 heavy (non-hydrogen) atoms. The molecule has 6 nitrogen and oxygen atoms in total. The number of nitrogens with zero attached hydrogens (tertiary/aromatic N) is 1. The normalized spacial score (nSPS) is 17.0. The average molecular weight is 359 g/mol. The topological polar surface area (TPSA) is 76.8 Å². The van der Waals surface area contributed by atoms with Crippen molar-refractivity contribution in [3.05, 3.63) is 54.3 Å². The Morgan fingerprint density at radius 3 is 2.81 bits per heavy atom. The molecule has 138 valence electrons. The molecule has 1 heterocycles. The van der Waals surface area contributed by atoms with Crippen LogP contribution in [0.1, 0.15) is 6.42 Å². The number of morpholine rings is 1. The number of halogens is 1. The van der Waals surface area contributed by atoms with Gasteiger partial charge in [0, 0.05) is 13.1 Å². The fourth-order valence-electron chi connectivity index (χ4n) is 2.75. The van der Waals surface area contributed by atoms with Gasteiger partial charge in [-0.25, -0.2) is 9.18 Å². The van der Waals surface area contributed by atoms with Crippen LogP contribution in [0.2, 0.25) is 0 Å². The Balaban J connectivity index is 1.67. The number of amides is 2. The van der Waals surface area contributed by atoms with E-state index in [9.17, 15) is 9.18 Å². The highest BCUT2D eigenvalue weighted by Gasteiger charge is 2.24. The molecule has 0 aliphatic carbocycles. The number of anilines is 1. The molecule has 0 radical (unpaired) electrons. The van der Waals surface area contributed by atoms with Gasteiger partial charge in [0.1, 0.15) is 11.6 Å². The molecule has 2 aromatic carbocycles. The zero-order valence-electron chi connectivity index (χ0n) is 14.4. The van der Waals surface area contributed by atoms with Gasteiger partial charge in [0.25, 0.3) is 0 Å². The van der Waals surface area contributed by atoms with Gasteiger partial charge in [0.05, 0.1) is 18.4 Å². The summed E-state index contributed by atoms with van der Waals surface area (Å²) in [5.74, 6) is 0.639. The molecular formula is C19H22FN3O3. The first-order valence-electron chi connectivity index (χ1n) is 8.56. The van der Waals surface area contributed by atoms with E-state index in [2.05, 4.69) is 5.32 Å². The predicted molar refractivity (Wildman–Crippen MR) is 96.9 cm³/mol. The van der Waals surface area contributed by atoms with E-state index in [1.165, 1.54) is 24.3 Å². The molecule has 7 heteroatoms. The summed E-state index contributed by atoms with van der Waals surface area (Å²) in [7, 11) is 0. The van der Waals surface area contributed by atoms with Crippen LogP contribution in [0, 0.1) is 5.82 Å². The van der Waals surface area contributed by atoms with Crippen molar-refractivity contribution in [2.45, 2.75) is 12.5 Å². The lowest BCUT2D eigenvalue weighted by Crippen LogP contribution is -2.47. The summed E-state index contributed by atoms with van der Waals surface area (Å²) in [5.41, 5.74) is 6.11. The van der Waals surface area contributed by atoms with Crippen LogP contribution < -0.4 is 15.8 Å². The van der Waals surface area contributed by atoms with Gasteiger partial charge < -0.3 is 25.4 Å². The number of para-hydroxylation sites is 2. The van der Waals surface area contributed by atoms with E-state index in [1.54, 1.807) is 23.1 Å². The highest BCUT2D eigenvalue weighted by molar-refractivity contribution is 5.91. The minimum Gasteiger partial charge on any atom is -0.455 e. The molecule has 0 bridgehead atoms. The summed E-state index contributed by atoms with van der Waals surface area (Å²) >= 11 is 0. The molecule has 1 aliphatic rings. The zero-order valence-corrected chi connectivity index (χ0v) is 14.4. The number of hydrogen-bond acceptors (Lipinski definition) is 4. The molecule has 3 N–H and O–H groups in total. The molecule has 0 spiro atoms. The van der Waals surface area contributed by atoms with Crippen LogP contribution in [-0.4, -0.2) is 43.3 Å². The Kier molecular flexibility index (Phi) is 6.04. The quantitative estimate of drug-likeness (QED) is 0.859. The first-order valence-corrected chi connectivity index (χ1v) is 8.56. The molecule has 0 unspecified atom stereocenters. The molecule has 1 fully saturated rings. The van der Waals surface area contributed by atoms with Crippen molar-refractivity contribution >= 4 is 11.7 Å². The number of benzene rings is 2. The second kappa shape index (κ2) is 8.64. The average Bonchev–Trinajstić information content (AvgIpc) is 2.66. The van der Waals surface area contributed by atoms with E-state index >= 15 is 0 Å². The maximum atomic E-state index is 13.0. The van der Waals surface area contributed by atoms with Crippen LogP contribution in [0.15, 0.2) is 48.5 Å². The van der Waals surface area contributed by atoms with E-state index in [0.717, 1.165) is 0 Å². The third-order valence-corrected chi connectivity index (χ3v) is 4.08. The van der Waals surface area contributed by atoms with E-state index < -0.39 is 0 Å². The third-order valence-electron chi connectivity index (χ3n) is 4.08. The molecule has 2 aromatic rings. The predicted octanol–water partition coefficient (Wildman–Crippen LogP) is 3.20. The summed E-state index contributed by atoms with van der Waals surface area (Å²) in [4.78, 5) is 14.3. The molecular weight excluding hydrogens is 337 g/mol. The minimum atomic E-state index is -0.335. The van der Waals surface area contributed by atoms with Crippen molar-refractivity contribution in [1.82, 2.24) is 4.90 Å². The summed E-state index contributed by atoms with van der Waals surface area (Å²) in [6.45, 7) is 2.04. The number of carbonyl (C=O) groups is 1. The van der Waals surface area contributed by atoms with Crippen LogP contribution in [0.25, 0.3) is 0 Å². The lowest BCUT2D eigenvalue weighted by molar-refractivity contribution is -0.0146. The van der Waals surface area contributed by atoms with Crippen LogP contribution in [0.3, 0.4) is 0 Å². The summed E-state index contributed by atoms with van der Waals surface area (Å²) in [6, 6.07) is 12.6. The monoisotopic (exact) mass is 359 g/mol. The maximum Gasteiger partial charge on any atom is 0.322 e. The van der Waals surface area contributed by atoms with Gasteiger partial charge in [-0.1, -0.05) is 12.1 Å². The summed E-state index contributed by atoms with van der Waals surface area (Å²) in [5, 5.41) is 2.88. The number of nitrogens with two attached hydrogens (primary N) is 1. The van der Waals surface area contributed by atoms with E-state index in [0.29, 0.717) is 49.8 Å². The van der Waals surface area contributed by atoms with Gasteiger partial charge in [-0.15, -0.1) is 0 Å². The van der Waals surface area contributed by atoms with Gasteiger partial charge in [0.15, 0.2) is 5.75 Å². The Morgan fingerprint density at radius 1 is 1.27 bits per heavy atom. The zero-order chi connectivity index (χ0) is 18.4. The first kappa shape index (κ1) is 18.2. The van der Waals surface area contributed by atoms with Gasteiger partial charge in [-0.3, -0.25) is 0 Å². The van der Waals surface area contributed by atoms with E-state index in [-0.39, 0.29) is 18.0 Å². The van der Waals surface area contributed by atoms with Crippen LogP contribution in [-0.2, 0) is 4.74 Å². The molecule has 3 rings (SSSR count). The van der Waals surface area contributed by atoms with Crippen LogP contribution in [0.4, 0.5) is 14.9 Å². The van der Waals surface area contributed by atoms with Gasteiger partial charge >= 0.3 is 6.03 Å². The largest absolute Gasteiger partial charge is 0.455 e. The highest BCUT2D eigenvalue weighted by atomic mass is 19.1.